The quantitative estimate of drug-likeness (QED) is 0.105. The van der Waals surface area contributed by atoms with Crippen molar-refractivity contribution < 1.29 is 47.7 Å². The molecular weight excluding hydrogens is 672 g/mol. The molecule has 1 rings (SSSR count). The maximum atomic E-state index is 12.9. The van der Waals surface area contributed by atoms with Crippen molar-refractivity contribution in [2.75, 3.05) is 33.5 Å². The highest BCUT2D eigenvalue weighted by Gasteiger charge is 2.71. The number of carbonyl (C=O) groups excluding carboxylic acids is 5. The van der Waals surface area contributed by atoms with Gasteiger partial charge >= 0.3 is 29.8 Å². The molecule has 0 N–H and O–H groups in total. The van der Waals surface area contributed by atoms with Crippen molar-refractivity contribution in [2.45, 2.75) is 70.0 Å². The number of nitrogens with zero attached hydrogens (tertiary/aromatic N) is 2. The van der Waals surface area contributed by atoms with Crippen molar-refractivity contribution in [1.29, 1.82) is 10.5 Å². The van der Waals surface area contributed by atoms with Crippen LogP contribution in [0.25, 0.3) is 0 Å². The molecule has 0 bridgehead atoms. The van der Waals surface area contributed by atoms with Crippen LogP contribution in [0.3, 0.4) is 0 Å². The molecule has 0 radical (unpaired) electrons. The number of esters is 5. The van der Waals surface area contributed by atoms with E-state index in [1.807, 2.05) is 6.92 Å². The lowest BCUT2D eigenvalue weighted by Gasteiger charge is -2.46. The van der Waals surface area contributed by atoms with E-state index in [9.17, 15) is 34.5 Å². The SMILES string of the molecule is COC(=O)C(Br)CC(C)(C)C(=O)OCCOC(=O)[C@]1(C#N)CC[C@]1(C#N)C(=O)OCCOC(=O)C(C)(C)CC(C)Br. The monoisotopic (exact) mass is 706 g/mol. The maximum absolute atomic E-state index is 12.9. The predicted molar refractivity (Wildman–Crippen MR) is 149 cm³/mol. The lowest BCUT2D eigenvalue weighted by molar-refractivity contribution is -0.186. The van der Waals surface area contributed by atoms with Crippen LogP contribution >= 0.6 is 31.9 Å². The highest BCUT2D eigenvalue weighted by molar-refractivity contribution is 9.10. The van der Waals surface area contributed by atoms with Crippen molar-refractivity contribution in [1.82, 2.24) is 0 Å². The van der Waals surface area contributed by atoms with E-state index >= 15 is 0 Å². The number of methoxy groups -OCH3 is 1. The first kappa shape index (κ1) is 36.3. The summed E-state index contributed by atoms with van der Waals surface area (Å²) in [5, 5.41) is 19.6. The van der Waals surface area contributed by atoms with Crippen LogP contribution in [0.15, 0.2) is 0 Å². The summed E-state index contributed by atoms with van der Waals surface area (Å²) in [6, 6.07) is 3.51. The molecule has 0 heterocycles. The Kier molecular flexibility index (Phi) is 13.3. The van der Waals surface area contributed by atoms with E-state index in [-0.39, 0.29) is 43.9 Å². The molecule has 1 aliphatic rings. The molecule has 0 aliphatic heterocycles. The van der Waals surface area contributed by atoms with E-state index in [1.165, 1.54) is 7.11 Å². The molecule has 228 valence electrons. The van der Waals surface area contributed by atoms with Crippen molar-refractivity contribution in [2.24, 2.45) is 21.7 Å². The number of ether oxygens (including phenoxy) is 5. The standard InChI is InChI=1S/C27H36Br2N2O10/c1-17(28)13-24(2,3)20(33)38-9-11-40-22(35)26(15-30)7-8-27(26,16-31)23(36)41-12-10-39-21(34)25(4,5)14-18(29)19(32)37-6/h17-18H,7-14H2,1-6H3/t17?,18?,26-,27+/m0/s1. The van der Waals surface area contributed by atoms with E-state index in [0.29, 0.717) is 6.42 Å². The Balaban J connectivity index is 2.70. The molecule has 0 aromatic rings. The van der Waals surface area contributed by atoms with Gasteiger partial charge in [-0.2, -0.15) is 10.5 Å². The van der Waals surface area contributed by atoms with Crippen molar-refractivity contribution in [3.8, 4) is 12.1 Å². The van der Waals surface area contributed by atoms with E-state index in [4.69, 9.17) is 18.9 Å². The van der Waals surface area contributed by atoms with Crippen LogP contribution in [0, 0.1) is 44.3 Å². The molecule has 0 aromatic carbocycles. The van der Waals surface area contributed by atoms with Crippen LogP contribution < -0.4 is 0 Å². The molecule has 4 atom stereocenters. The van der Waals surface area contributed by atoms with Crippen LogP contribution in [0.5, 0.6) is 0 Å². The van der Waals surface area contributed by atoms with Gasteiger partial charge in [-0.25, -0.2) is 0 Å². The summed E-state index contributed by atoms with van der Waals surface area (Å²) in [6.45, 7) is 7.02. The fourth-order valence-corrected chi connectivity index (χ4v) is 6.08. The Morgan fingerprint density at radius 2 is 1.12 bits per heavy atom. The molecule has 12 nitrogen and oxygen atoms in total. The van der Waals surface area contributed by atoms with Gasteiger partial charge in [0, 0.05) is 4.83 Å². The van der Waals surface area contributed by atoms with Crippen LogP contribution in [-0.2, 0) is 47.7 Å². The van der Waals surface area contributed by atoms with Gasteiger partial charge in [-0.3, -0.25) is 24.0 Å². The molecule has 0 aromatic heterocycles. The zero-order chi connectivity index (χ0) is 31.6. The summed E-state index contributed by atoms with van der Waals surface area (Å²) in [5.74, 6) is -3.93. The predicted octanol–water partition coefficient (Wildman–Crippen LogP) is 3.53. The number of alkyl halides is 2. The van der Waals surface area contributed by atoms with E-state index < -0.39 is 62.9 Å². The summed E-state index contributed by atoms with van der Waals surface area (Å²) in [6.07, 6.45) is 0.360. The summed E-state index contributed by atoms with van der Waals surface area (Å²) in [5.41, 5.74) is -6.08. The van der Waals surface area contributed by atoms with Gasteiger partial charge in [-0.15, -0.1) is 0 Å². The lowest BCUT2D eigenvalue weighted by atomic mass is 9.50. The van der Waals surface area contributed by atoms with Crippen molar-refractivity contribution in [3.05, 3.63) is 0 Å². The van der Waals surface area contributed by atoms with Crippen LogP contribution in [0.1, 0.15) is 60.3 Å². The number of nitriles is 2. The molecule has 14 heteroatoms. The van der Waals surface area contributed by atoms with Gasteiger partial charge in [-0.05, 0) is 53.4 Å². The number of hydrogen-bond donors (Lipinski definition) is 0. The minimum absolute atomic E-state index is 0.0785. The first-order valence-corrected chi connectivity index (χ1v) is 14.7. The van der Waals surface area contributed by atoms with Crippen molar-refractivity contribution in [3.63, 3.8) is 0 Å². The van der Waals surface area contributed by atoms with Crippen LogP contribution in [0.4, 0.5) is 0 Å². The zero-order valence-electron chi connectivity index (χ0n) is 24.0. The molecule has 0 spiro atoms. The minimum Gasteiger partial charge on any atom is -0.468 e. The van der Waals surface area contributed by atoms with Crippen LogP contribution in [-0.4, -0.2) is 73.0 Å². The topological polar surface area (TPSA) is 179 Å². The van der Waals surface area contributed by atoms with Crippen LogP contribution in [0.2, 0.25) is 0 Å². The lowest BCUT2D eigenvalue weighted by Crippen LogP contribution is -2.60. The fourth-order valence-electron chi connectivity index (χ4n) is 4.28. The molecule has 0 saturated heterocycles. The van der Waals surface area contributed by atoms with Gasteiger partial charge in [-0.1, -0.05) is 38.8 Å². The zero-order valence-corrected chi connectivity index (χ0v) is 27.2. The summed E-state index contributed by atoms with van der Waals surface area (Å²) in [4.78, 5) is 61.5. The first-order valence-electron chi connectivity index (χ1n) is 12.8. The second-order valence-electron chi connectivity index (χ2n) is 11.0. The largest absolute Gasteiger partial charge is 0.468 e. The van der Waals surface area contributed by atoms with Crippen molar-refractivity contribution >= 4 is 61.7 Å². The molecule has 0 amide bonds. The van der Waals surface area contributed by atoms with E-state index in [1.54, 1.807) is 39.8 Å². The van der Waals surface area contributed by atoms with E-state index in [2.05, 4.69) is 36.6 Å². The summed E-state index contributed by atoms with van der Waals surface area (Å²) >= 11 is 6.54. The number of rotatable bonds is 15. The average molecular weight is 708 g/mol. The van der Waals surface area contributed by atoms with Gasteiger partial charge in [0.25, 0.3) is 0 Å². The van der Waals surface area contributed by atoms with Gasteiger partial charge in [0.2, 0.25) is 0 Å². The fraction of sp³-hybridized carbons (Fsp3) is 0.741. The molecule has 2 unspecified atom stereocenters. The van der Waals surface area contributed by atoms with E-state index in [0.717, 1.165) is 0 Å². The third kappa shape index (κ3) is 8.65. The second kappa shape index (κ2) is 15.0. The number of carbonyl (C=O) groups is 5. The highest BCUT2D eigenvalue weighted by atomic mass is 79.9. The molecular formula is C27H36Br2N2O10. The Morgan fingerprint density at radius 1 is 0.756 bits per heavy atom. The second-order valence-corrected chi connectivity index (χ2v) is 13.7. The third-order valence-corrected chi connectivity index (χ3v) is 7.85. The maximum Gasteiger partial charge on any atom is 0.328 e. The average Bonchev–Trinajstić information content (AvgIpc) is 2.87. The molecule has 1 saturated carbocycles. The Bertz CT molecular complexity index is 1090. The third-order valence-electron chi connectivity index (χ3n) is 6.82. The molecule has 41 heavy (non-hydrogen) atoms. The highest BCUT2D eigenvalue weighted by Crippen LogP contribution is 2.57. The van der Waals surface area contributed by atoms with Gasteiger partial charge in [0.1, 0.15) is 31.3 Å². The van der Waals surface area contributed by atoms with Gasteiger partial charge in [0.05, 0.1) is 30.1 Å². The minimum atomic E-state index is -2.11. The Hall–Kier alpha value is -2.71. The number of hydrogen-bond acceptors (Lipinski definition) is 12. The summed E-state index contributed by atoms with van der Waals surface area (Å²) < 4.78 is 25.2. The first-order chi connectivity index (χ1) is 19.0. The smallest absolute Gasteiger partial charge is 0.328 e. The van der Waals surface area contributed by atoms with Gasteiger partial charge in [0.15, 0.2) is 10.8 Å². The Labute approximate surface area is 256 Å². The Morgan fingerprint density at radius 3 is 1.44 bits per heavy atom. The van der Waals surface area contributed by atoms with Gasteiger partial charge < -0.3 is 23.7 Å². The summed E-state index contributed by atoms with van der Waals surface area (Å²) in [7, 11) is 1.22. The normalized spacial score (nSPS) is 21.5. The number of halogens is 2. The molecule has 1 aliphatic carbocycles. The molecule has 1 fully saturated rings.